The van der Waals surface area contributed by atoms with Gasteiger partial charge in [0, 0.05) is 18.5 Å². The van der Waals surface area contributed by atoms with Crippen molar-refractivity contribution in [2.75, 3.05) is 5.73 Å². The first-order valence-electron chi connectivity index (χ1n) is 8.21. The molecular weight excluding hydrogens is 433 g/mol. The zero-order chi connectivity index (χ0) is 20.6. The van der Waals surface area contributed by atoms with Crippen LogP contribution in [0.2, 0.25) is 0 Å². The maximum absolute atomic E-state index is 10.8. The minimum Gasteiger partial charge on any atom is -0.387 e. The summed E-state index contributed by atoms with van der Waals surface area (Å²) >= 11 is 4.47. The number of aliphatic hydroxyl groups excluding tert-OH is 2. The van der Waals surface area contributed by atoms with Crippen LogP contribution in [0.15, 0.2) is 6.33 Å². The number of phosphoric acid groups is 1. The molecule has 0 aliphatic carbocycles. The van der Waals surface area contributed by atoms with Gasteiger partial charge in [-0.1, -0.05) is 6.92 Å². The predicted molar refractivity (Wildman–Crippen MR) is 103 cm³/mol. The van der Waals surface area contributed by atoms with Crippen molar-refractivity contribution < 1.29 is 33.3 Å². The maximum atomic E-state index is 10.8. The lowest BCUT2D eigenvalue weighted by Crippen LogP contribution is -2.35. The van der Waals surface area contributed by atoms with Crippen molar-refractivity contribution >= 4 is 49.5 Å². The van der Waals surface area contributed by atoms with Crippen LogP contribution in [0.4, 0.5) is 5.82 Å². The van der Waals surface area contributed by atoms with E-state index < -0.39 is 36.9 Å². The van der Waals surface area contributed by atoms with Crippen LogP contribution in [0.5, 0.6) is 0 Å². The van der Waals surface area contributed by atoms with E-state index in [2.05, 4.69) is 31.6 Å². The summed E-state index contributed by atoms with van der Waals surface area (Å²) in [6, 6.07) is 0. The number of aromatic nitrogens is 4. The number of rotatable bonds is 7. The van der Waals surface area contributed by atoms with Crippen molar-refractivity contribution in [1.82, 2.24) is 19.5 Å². The van der Waals surface area contributed by atoms with E-state index >= 15 is 0 Å². The molecule has 1 aliphatic heterocycles. The van der Waals surface area contributed by atoms with Gasteiger partial charge in [0.1, 0.15) is 34.2 Å². The van der Waals surface area contributed by atoms with Crippen LogP contribution in [0.3, 0.4) is 0 Å². The highest BCUT2D eigenvalue weighted by molar-refractivity contribution is 8.09. The van der Waals surface area contributed by atoms with E-state index in [9.17, 15) is 14.8 Å². The summed E-state index contributed by atoms with van der Waals surface area (Å²) in [4.78, 5) is 30.3. The molecule has 2 aromatic heterocycles. The van der Waals surface area contributed by atoms with E-state index in [0.29, 0.717) is 35.5 Å². The molecule has 1 unspecified atom stereocenters. The molecule has 28 heavy (non-hydrogen) atoms. The van der Waals surface area contributed by atoms with Crippen molar-refractivity contribution in [3.8, 4) is 0 Å². The first-order valence-corrected chi connectivity index (χ1v) is 11.1. The number of anilines is 1. The quantitative estimate of drug-likeness (QED) is 0.143. The number of aliphatic hydroxyl groups is 2. The molecule has 15 heteroatoms. The van der Waals surface area contributed by atoms with Crippen molar-refractivity contribution in [3.63, 3.8) is 0 Å². The Labute approximate surface area is 169 Å². The Morgan fingerprint density at radius 1 is 1.43 bits per heavy atom. The third-order valence-electron chi connectivity index (χ3n) is 4.04. The summed E-state index contributed by atoms with van der Waals surface area (Å²) in [7, 11) is -4.74. The van der Waals surface area contributed by atoms with Crippen molar-refractivity contribution in [2.24, 2.45) is 0 Å². The van der Waals surface area contributed by atoms with Crippen LogP contribution in [0, 0.1) is 0 Å². The van der Waals surface area contributed by atoms with Crippen molar-refractivity contribution in [3.05, 3.63) is 12.2 Å². The fraction of sp³-hybridized carbons (Fsp3) is 0.615. The fourth-order valence-corrected chi connectivity index (χ4v) is 4.54. The van der Waals surface area contributed by atoms with Gasteiger partial charge in [-0.15, -0.1) is 0 Å². The van der Waals surface area contributed by atoms with Gasteiger partial charge in [0.25, 0.3) is 0 Å². The number of hydrogen-bond donors (Lipinski definition) is 6. The number of aryl methyl sites for hydroxylation is 1. The van der Waals surface area contributed by atoms with Gasteiger partial charge in [-0.3, -0.25) is 4.57 Å². The Kier molecular flexibility index (Phi) is 6.54. The number of nitrogen functional groups attached to an aromatic ring is 1. The largest absolute Gasteiger partial charge is 0.480 e. The molecule has 0 bridgehead atoms. The lowest BCUT2D eigenvalue weighted by molar-refractivity contribution is -0.0306. The van der Waals surface area contributed by atoms with Crippen LogP contribution < -0.4 is 5.73 Å². The number of nitrogens with zero attached hydrogens (tertiary/aromatic N) is 4. The van der Waals surface area contributed by atoms with Gasteiger partial charge in [-0.25, -0.2) is 23.5 Å². The Hall–Kier alpha value is -0.960. The Balaban J connectivity index is 1.86. The molecular formula is C13H20N5O7PS2. The zero-order valence-electron chi connectivity index (χ0n) is 14.6. The van der Waals surface area contributed by atoms with Crippen LogP contribution in [0.1, 0.15) is 25.4 Å². The van der Waals surface area contributed by atoms with Gasteiger partial charge in [-0.2, -0.15) is 12.6 Å². The first kappa shape index (κ1) is 21.7. The fourth-order valence-electron chi connectivity index (χ4n) is 2.81. The molecule has 0 aromatic carbocycles. The molecule has 156 valence electrons. The highest BCUT2D eigenvalue weighted by atomic mass is 32.2. The Bertz CT molecular complexity index is 896. The Morgan fingerprint density at radius 2 is 2.14 bits per heavy atom. The summed E-state index contributed by atoms with van der Waals surface area (Å²) in [6.45, 7) is 1.97. The van der Waals surface area contributed by atoms with E-state index in [4.69, 9.17) is 20.3 Å². The first-order chi connectivity index (χ1) is 13.1. The number of nitrogens with two attached hydrogens (primary N) is 1. The molecule has 0 radical (unpaired) electrons. The third kappa shape index (κ3) is 4.45. The number of imidazole rings is 1. The second kappa shape index (κ2) is 8.42. The minimum atomic E-state index is -4.74. The SMILES string of the molecule is CCCc1nc(N)c2ncn([C@@H]3O[C@H](C(S)SOP(=O)(O)O)[C@@H](O)[C@H]3O)c2n1. The summed E-state index contributed by atoms with van der Waals surface area (Å²) < 4.78 is 21.3. The molecule has 0 amide bonds. The maximum Gasteiger partial charge on any atom is 0.480 e. The predicted octanol–water partition coefficient (Wildman–Crippen LogP) is -0.00640. The molecule has 12 nitrogen and oxygen atoms in total. The van der Waals surface area contributed by atoms with E-state index in [1.807, 2.05) is 6.92 Å². The van der Waals surface area contributed by atoms with Gasteiger partial charge >= 0.3 is 7.82 Å². The van der Waals surface area contributed by atoms with Crippen LogP contribution >= 0.6 is 32.5 Å². The van der Waals surface area contributed by atoms with E-state index in [1.54, 1.807) is 0 Å². The highest BCUT2D eigenvalue weighted by Crippen LogP contribution is 2.45. The average Bonchev–Trinajstić information content (AvgIpc) is 3.15. The second-order valence-electron chi connectivity index (χ2n) is 6.12. The molecule has 1 aliphatic rings. The summed E-state index contributed by atoms with van der Waals surface area (Å²) in [6.07, 6.45) is -2.17. The molecule has 0 spiro atoms. The average molecular weight is 453 g/mol. The van der Waals surface area contributed by atoms with Crippen LogP contribution in [0.25, 0.3) is 11.2 Å². The van der Waals surface area contributed by atoms with E-state index in [-0.39, 0.29) is 5.82 Å². The van der Waals surface area contributed by atoms with Gasteiger partial charge in [0.2, 0.25) is 0 Å². The molecule has 3 heterocycles. The molecule has 6 N–H and O–H groups in total. The van der Waals surface area contributed by atoms with Gasteiger partial charge in [0.05, 0.1) is 6.33 Å². The van der Waals surface area contributed by atoms with Crippen molar-refractivity contribution in [1.29, 1.82) is 0 Å². The van der Waals surface area contributed by atoms with Crippen LogP contribution in [-0.2, 0) is 19.7 Å². The Morgan fingerprint density at radius 3 is 2.79 bits per heavy atom. The normalized spacial score (nSPS) is 26.8. The van der Waals surface area contributed by atoms with Gasteiger partial charge in [-0.05, 0) is 6.42 Å². The lowest BCUT2D eigenvalue weighted by Gasteiger charge is -2.20. The van der Waals surface area contributed by atoms with Crippen molar-refractivity contribution in [2.45, 2.75) is 48.9 Å². The molecule has 2 aromatic rings. The van der Waals surface area contributed by atoms with Crippen LogP contribution in [-0.4, -0.2) is 62.4 Å². The minimum absolute atomic E-state index is 0.189. The zero-order valence-corrected chi connectivity index (χ0v) is 17.2. The molecule has 1 fully saturated rings. The molecule has 3 rings (SSSR count). The number of hydrogen-bond acceptors (Lipinski definition) is 11. The molecule has 5 atom stereocenters. The second-order valence-corrected chi connectivity index (χ2v) is 9.31. The van der Waals surface area contributed by atoms with Gasteiger partial charge < -0.3 is 30.5 Å². The summed E-state index contributed by atoms with van der Waals surface area (Å²) in [5.74, 6) is 0.700. The van der Waals surface area contributed by atoms with Gasteiger partial charge in [0.15, 0.2) is 17.7 Å². The molecule has 0 saturated carbocycles. The monoisotopic (exact) mass is 453 g/mol. The molecule has 1 saturated heterocycles. The number of thiol groups is 1. The van der Waals surface area contributed by atoms with E-state index in [0.717, 1.165) is 6.42 Å². The number of ether oxygens (including phenoxy) is 1. The summed E-state index contributed by atoms with van der Waals surface area (Å²) in [5.41, 5.74) is 6.60. The lowest BCUT2D eigenvalue weighted by atomic mass is 10.1. The summed E-state index contributed by atoms with van der Waals surface area (Å²) in [5, 5.41) is 20.8. The number of fused-ring (bicyclic) bond motifs is 1. The topological polar surface area (TPSA) is 186 Å². The van der Waals surface area contributed by atoms with E-state index in [1.165, 1.54) is 10.9 Å². The third-order valence-corrected chi connectivity index (χ3v) is 6.18. The highest BCUT2D eigenvalue weighted by Gasteiger charge is 2.47. The smallest absolute Gasteiger partial charge is 0.387 e. The standard InChI is InChI=1S/C13H20N5O7PS2/c1-2-3-5-16-10(14)6-11(17-5)18(4-15-6)12-8(20)7(19)9(24-12)13(27)28-25-26(21,22)23/h4,7-9,12-13,19-20,27H,2-3H2,1H3,(H2,14,16,17)(H2,21,22,23)/t7-,8+,9-,12+,13?/m0/s1.